The number of ether oxygens (including phenoxy) is 1. The van der Waals surface area contributed by atoms with Crippen LogP contribution in [-0.2, 0) is 6.61 Å². The van der Waals surface area contributed by atoms with E-state index in [0.717, 1.165) is 38.2 Å². The standard InChI is InChI=1S/C33H27BrClFN2O2/c1-21-8-16-31(29-18-25(34)11-17-32(29)40-20-23-9-12-26(36)13-10-23)38(21)27-14-15-30(35)28(19-27)33(39)37-22(2)24-6-4-3-5-7-24/h3-19,22H,20H2,1-2H3,(H,37,39)/t22-/m0/s1. The van der Waals surface area contributed by atoms with Gasteiger partial charge in [-0.1, -0.05) is 70.0 Å². The van der Waals surface area contributed by atoms with Crippen molar-refractivity contribution in [1.82, 2.24) is 9.88 Å². The molecule has 5 rings (SSSR count). The lowest BCUT2D eigenvalue weighted by Gasteiger charge is -2.18. The molecule has 4 aromatic carbocycles. The molecule has 1 heterocycles. The van der Waals surface area contributed by atoms with Crippen LogP contribution in [0.5, 0.6) is 5.75 Å². The van der Waals surface area contributed by atoms with E-state index in [9.17, 15) is 9.18 Å². The highest BCUT2D eigenvalue weighted by molar-refractivity contribution is 9.10. The summed E-state index contributed by atoms with van der Waals surface area (Å²) in [5.41, 5.74) is 5.79. The second kappa shape index (κ2) is 12.1. The number of nitrogens with one attached hydrogen (secondary N) is 1. The molecule has 1 amide bonds. The van der Waals surface area contributed by atoms with Gasteiger partial charge in [0.15, 0.2) is 0 Å². The van der Waals surface area contributed by atoms with Crippen LogP contribution in [0.15, 0.2) is 108 Å². The summed E-state index contributed by atoms with van der Waals surface area (Å²) in [4.78, 5) is 13.3. The number of aromatic nitrogens is 1. The smallest absolute Gasteiger partial charge is 0.253 e. The molecule has 0 spiro atoms. The molecule has 0 unspecified atom stereocenters. The summed E-state index contributed by atoms with van der Waals surface area (Å²) in [6.07, 6.45) is 0. The van der Waals surface area contributed by atoms with Gasteiger partial charge in [0.05, 0.1) is 22.3 Å². The Morgan fingerprint density at radius 2 is 1.73 bits per heavy atom. The molecule has 0 aliphatic rings. The normalized spacial score (nSPS) is 11.7. The highest BCUT2D eigenvalue weighted by atomic mass is 79.9. The molecule has 202 valence electrons. The number of halogens is 3. The number of hydrogen-bond acceptors (Lipinski definition) is 2. The summed E-state index contributed by atoms with van der Waals surface area (Å²) in [6.45, 7) is 4.24. The van der Waals surface area contributed by atoms with Gasteiger partial charge in [0.1, 0.15) is 18.2 Å². The van der Waals surface area contributed by atoms with E-state index < -0.39 is 0 Å². The van der Waals surface area contributed by atoms with Crippen molar-refractivity contribution in [1.29, 1.82) is 0 Å². The Kier molecular flexibility index (Phi) is 8.38. The molecule has 0 saturated carbocycles. The molecule has 0 fully saturated rings. The van der Waals surface area contributed by atoms with Crippen LogP contribution in [0.2, 0.25) is 5.02 Å². The van der Waals surface area contributed by atoms with Crippen LogP contribution in [0.25, 0.3) is 16.9 Å². The van der Waals surface area contributed by atoms with Crippen molar-refractivity contribution >= 4 is 33.4 Å². The lowest BCUT2D eigenvalue weighted by molar-refractivity contribution is 0.0940. The van der Waals surface area contributed by atoms with Gasteiger partial charge in [0.25, 0.3) is 5.91 Å². The monoisotopic (exact) mass is 616 g/mol. The van der Waals surface area contributed by atoms with E-state index in [0.29, 0.717) is 22.9 Å². The molecule has 0 aliphatic carbocycles. The third-order valence-electron chi connectivity index (χ3n) is 6.70. The third-order valence-corrected chi connectivity index (χ3v) is 7.52. The lowest BCUT2D eigenvalue weighted by Crippen LogP contribution is -2.27. The number of aryl methyl sites for hydroxylation is 1. The van der Waals surface area contributed by atoms with Gasteiger partial charge < -0.3 is 14.6 Å². The van der Waals surface area contributed by atoms with E-state index in [2.05, 4.69) is 25.8 Å². The van der Waals surface area contributed by atoms with Gasteiger partial charge in [-0.05, 0) is 85.6 Å². The number of amides is 1. The van der Waals surface area contributed by atoms with Crippen molar-refractivity contribution in [3.63, 3.8) is 0 Å². The summed E-state index contributed by atoms with van der Waals surface area (Å²) >= 11 is 10.1. The maximum absolute atomic E-state index is 13.3. The largest absolute Gasteiger partial charge is 0.488 e. The van der Waals surface area contributed by atoms with Crippen molar-refractivity contribution < 1.29 is 13.9 Å². The van der Waals surface area contributed by atoms with Crippen molar-refractivity contribution in [2.24, 2.45) is 0 Å². The zero-order valence-electron chi connectivity index (χ0n) is 22.0. The average Bonchev–Trinajstić information content (AvgIpc) is 3.34. The first-order valence-electron chi connectivity index (χ1n) is 12.8. The Morgan fingerprint density at radius 3 is 2.48 bits per heavy atom. The fourth-order valence-electron chi connectivity index (χ4n) is 4.59. The van der Waals surface area contributed by atoms with Crippen LogP contribution in [0.4, 0.5) is 4.39 Å². The molecule has 7 heteroatoms. The van der Waals surface area contributed by atoms with Crippen LogP contribution >= 0.6 is 27.5 Å². The highest BCUT2D eigenvalue weighted by Crippen LogP contribution is 2.36. The van der Waals surface area contributed by atoms with Crippen LogP contribution in [-0.4, -0.2) is 10.5 Å². The van der Waals surface area contributed by atoms with Crippen LogP contribution < -0.4 is 10.1 Å². The maximum Gasteiger partial charge on any atom is 0.253 e. The Labute approximate surface area is 246 Å². The molecule has 0 aliphatic heterocycles. The molecule has 40 heavy (non-hydrogen) atoms. The average molecular weight is 618 g/mol. The van der Waals surface area contributed by atoms with Gasteiger partial charge >= 0.3 is 0 Å². The molecule has 1 aromatic heterocycles. The van der Waals surface area contributed by atoms with Crippen molar-refractivity contribution in [3.05, 3.63) is 141 Å². The predicted octanol–water partition coefficient (Wildman–Crippen LogP) is 9.08. The van der Waals surface area contributed by atoms with Gasteiger partial charge in [0, 0.05) is 21.4 Å². The van der Waals surface area contributed by atoms with Crippen molar-refractivity contribution in [2.75, 3.05) is 0 Å². The second-order valence-electron chi connectivity index (χ2n) is 9.52. The summed E-state index contributed by atoms with van der Waals surface area (Å²) in [6, 6.07) is 31.2. The van der Waals surface area contributed by atoms with Gasteiger partial charge in [-0.3, -0.25) is 4.79 Å². The first-order valence-corrected chi connectivity index (χ1v) is 14.0. The predicted molar refractivity (Wildman–Crippen MR) is 162 cm³/mol. The number of hydrogen-bond donors (Lipinski definition) is 1. The Hall–Kier alpha value is -3.87. The lowest BCUT2D eigenvalue weighted by atomic mass is 10.1. The zero-order valence-corrected chi connectivity index (χ0v) is 24.3. The van der Waals surface area contributed by atoms with Crippen LogP contribution in [0, 0.1) is 12.7 Å². The van der Waals surface area contributed by atoms with Crippen LogP contribution in [0.1, 0.15) is 40.1 Å². The topological polar surface area (TPSA) is 43.3 Å². The van der Waals surface area contributed by atoms with E-state index in [-0.39, 0.29) is 17.8 Å². The molecule has 0 bridgehead atoms. The number of nitrogens with zero attached hydrogens (tertiary/aromatic N) is 1. The van der Waals surface area contributed by atoms with Gasteiger partial charge in [-0.25, -0.2) is 4.39 Å². The highest BCUT2D eigenvalue weighted by Gasteiger charge is 2.19. The quantitative estimate of drug-likeness (QED) is 0.189. The molecule has 0 radical (unpaired) electrons. The minimum Gasteiger partial charge on any atom is -0.488 e. The molecular weight excluding hydrogens is 591 g/mol. The van der Waals surface area contributed by atoms with Gasteiger partial charge in [0.2, 0.25) is 0 Å². The number of carbonyl (C=O) groups excluding carboxylic acids is 1. The summed E-state index contributed by atoms with van der Waals surface area (Å²) in [5.74, 6) is 0.141. The Morgan fingerprint density at radius 1 is 0.975 bits per heavy atom. The van der Waals surface area contributed by atoms with E-state index in [1.54, 1.807) is 18.2 Å². The first-order chi connectivity index (χ1) is 19.3. The third kappa shape index (κ3) is 6.14. The number of rotatable bonds is 8. The SMILES string of the molecule is Cc1ccc(-c2cc(Br)ccc2OCc2ccc(F)cc2)n1-c1ccc(Cl)c(C(=O)N[C@@H](C)c2ccccc2)c1. The maximum atomic E-state index is 13.3. The number of benzene rings is 4. The van der Waals surface area contributed by atoms with E-state index >= 15 is 0 Å². The molecule has 0 saturated heterocycles. The van der Waals surface area contributed by atoms with E-state index in [1.807, 2.05) is 86.6 Å². The first kappa shape index (κ1) is 27.7. The number of carbonyl (C=O) groups is 1. The molecule has 1 atom stereocenters. The molecular formula is C33H27BrClFN2O2. The second-order valence-corrected chi connectivity index (χ2v) is 10.8. The fourth-order valence-corrected chi connectivity index (χ4v) is 5.15. The summed E-state index contributed by atoms with van der Waals surface area (Å²) in [5, 5.41) is 3.43. The minimum atomic E-state index is -0.285. The van der Waals surface area contributed by atoms with Crippen molar-refractivity contribution in [3.8, 4) is 22.7 Å². The van der Waals surface area contributed by atoms with E-state index in [4.69, 9.17) is 16.3 Å². The van der Waals surface area contributed by atoms with E-state index in [1.165, 1.54) is 12.1 Å². The molecule has 4 nitrogen and oxygen atoms in total. The Balaban J connectivity index is 1.47. The molecule has 1 N–H and O–H groups in total. The fraction of sp³-hybridized carbons (Fsp3) is 0.121. The van der Waals surface area contributed by atoms with Crippen molar-refractivity contribution in [2.45, 2.75) is 26.5 Å². The Bertz CT molecular complexity index is 1650. The molecule has 5 aromatic rings. The van der Waals surface area contributed by atoms with Crippen LogP contribution in [0.3, 0.4) is 0 Å². The zero-order chi connectivity index (χ0) is 28.2. The summed E-state index contributed by atoms with van der Waals surface area (Å²) in [7, 11) is 0. The van der Waals surface area contributed by atoms with Gasteiger partial charge in [-0.2, -0.15) is 0 Å². The minimum absolute atomic E-state index is 0.181. The summed E-state index contributed by atoms with van der Waals surface area (Å²) < 4.78 is 22.5. The van der Waals surface area contributed by atoms with Gasteiger partial charge in [-0.15, -0.1) is 0 Å².